The number of aliphatic hydroxyl groups is 2. The zero-order valence-corrected chi connectivity index (χ0v) is 14.7. The van der Waals surface area contributed by atoms with E-state index in [9.17, 15) is 10.2 Å². The van der Waals surface area contributed by atoms with Gasteiger partial charge in [0.25, 0.3) is 0 Å². The maximum Gasteiger partial charge on any atom is 0.0938 e. The minimum Gasteiger partial charge on any atom is -0.389 e. The normalized spacial score (nSPS) is 21.7. The molecule has 23 heavy (non-hydrogen) atoms. The average Bonchev–Trinajstić information content (AvgIpc) is 3.09. The number of ether oxygens (including phenoxy) is 1. The Balaban J connectivity index is 0.00000192. The summed E-state index contributed by atoms with van der Waals surface area (Å²) in [5.41, 5.74) is 1.32. The molecule has 1 fully saturated rings. The smallest absolute Gasteiger partial charge is 0.0938 e. The van der Waals surface area contributed by atoms with Gasteiger partial charge in [-0.3, -0.25) is 4.90 Å². The summed E-state index contributed by atoms with van der Waals surface area (Å²) in [6.07, 6.45) is 0.691. The summed E-state index contributed by atoms with van der Waals surface area (Å²) >= 11 is 1.77. The number of thiophene rings is 1. The first kappa shape index (κ1) is 18.6. The largest absolute Gasteiger partial charge is 0.389 e. The van der Waals surface area contributed by atoms with Gasteiger partial charge in [-0.25, -0.2) is 0 Å². The molecule has 0 aliphatic carbocycles. The van der Waals surface area contributed by atoms with E-state index in [1.165, 1.54) is 15.6 Å². The standard InChI is InChI=1S/C17H23NO3S.ClH/c19-15-11-18(12-16(15)20)6-1-7-21-8-4-13-2-3-17-14(10-13)5-9-22-17;/h2-3,5,9-10,15-16,19-20H,1,4,6-8,11-12H2;1H. The molecule has 1 aliphatic heterocycles. The van der Waals surface area contributed by atoms with Crippen molar-refractivity contribution >= 4 is 33.8 Å². The van der Waals surface area contributed by atoms with Gasteiger partial charge in [-0.2, -0.15) is 0 Å². The number of aliphatic hydroxyl groups excluding tert-OH is 2. The van der Waals surface area contributed by atoms with Gasteiger partial charge in [0.05, 0.1) is 18.8 Å². The zero-order valence-electron chi connectivity index (χ0n) is 13.1. The van der Waals surface area contributed by atoms with E-state index in [1.54, 1.807) is 11.3 Å². The van der Waals surface area contributed by atoms with E-state index >= 15 is 0 Å². The Labute approximate surface area is 147 Å². The molecule has 2 N–H and O–H groups in total. The molecule has 2 atom stereocenters. The van der Waals surface area contributed by atoms with Crippen molar-refractivity contribution in [3.63, 3.8) is 0 Å². The molecule has 2 heterocycles. The van der Waals surface area contributed by atoms with E-state index in [0.29, 0.717) is 13.1 Å². The van der Waals surface area contributed by atoms with Crippen molar-refractivity contribution in [2.75, 3.05) is 32.8 Å². The number of likely N-dealkylation sites (tertiary alicyclic amines) is 1. The molecule has 1 aliphatic rings. The molecular formula is C17H24ClNO3S. The Kier molecular flexibility index (Phi) is 7.27. The second kappa shape index (κ2) is 8.97. The molecule has 2 unspecified atom stereocenters. The molecule has 0 amide bonds. The van der Waals surface area contributed by atoms with Crippen LogP contribution in [0.2, 0.25) is 0 Å². The summed E-state index contributed by atoms with van der Waals surface area (Å²) in [4.78, 5) is 2.09. The SMILES string of the molecule is Cl.OC1CN(CCCOCCc2ccc3sccc3c2)CC1O. The lowest BCUT2D eigenvalue weighted by molar-refractivity contribution is 0.0572. The van der Waals surface area contributed by atoms with Crippen molar-refractivity contribution in [1.29, 1.82) is 0 Å². The molecule has 1 saturated heterocycles. The van der Waals surface area contributed by atoms with Crippen LogP contribution in [0.1, 0.15) is 12.0 Å². The summed E-state index contributed by atoms with van der Waals surface area (Å²) in [6.45, 7) is 3.48. The summed E-state index contributed by atoms with van der Waals surface area (Å²) < 4.78 is 7.03. The molecule has 6 heteroatoms. The van der Waals surface area contributed by atoms with Crippen molar-refractivity contribution in [2.24, 2.45) is 0 Å². The Morgan fingerprint density at radius 3 is 2.70 bits per heavy atom. The van der Waals surface area contributed by atoms with Crippen LogP contribution in [0.5, 0.6) is 0 Å². The van der Waals surface area contributed by atoms with E-state index < -0.39 is 12.2 Å². The number of fused-ring (bicyclic) bond motifs is 1. The Morgan fingerprint density at radius 1 is 1.13 bits per heavy atom. The average molecular weight is 358 g/mol. The van der Waals surface area contributed by atoms with Crippen molar-refractivity contribution in [3.05, 3.63) is 35.2 Å². The van der Waals surface area contributed by atoms with Crippen molar-refractivity contribution in [2.45, 2.75) is 25.0 Å². The van der Waals surface area contributed by atoms with Crippen LogP contribution in [0.3, 0.4) is 0 Å². The first-order chi connectivity index (χ1) is 10.7. The van der Waals surface area contributed by atoms with E-state index in [4.69, 9.17) is 4.74 Å². The molecule has 0 saturated carbocycles. The first-order valence-corrected chi connectivity index (χ1v) is 8.73. The highest BCUT2D eigenvalue weighted by Gasteiger charge is 2.28. The maximum atomic E-state index is 9.47. The predicted octanol–water partition coefficient (Wildman–Crippen LogP) is 2.31. The molecule has 128 valence electrons. The van der Waals surface area contributed by atoms with Gasteiger partial charge < -0.3 is 14.9 Å². The van der Waals surface area contributed by atoms with Gasteiger partial charge in [-0.05, 0) is 41.3 Å². The van der Waals surface area contributed by atoms with Crippen molar-refractivity contribution in [1.82, 2.24) is 4.90 Å². The van der Waals surface area contributed by atoms with Gasteiger partial charge >= 0.3 is 0 Å². The van der Waals surface area contributed by atoms with E-state index in [2.05, 4.69) is 34.5 Å². The highest BCUT2D eigenvalue weighted by Crippen LogP contribution is 2.21. The van der Waals surface area contributed by atoms with Gasteiger partial charge in [0.1, 0.15) is 0 Å². The quantitative estimate of drug-likeness (QED) is 0.747. The molecule has 1 aromatic carbocycles. The molecule has 2 aromatic rings. The van der Waals surface area contributed by atoms with Crippen molar-refractivity contribution in [3.8, 4) is 0 Å². The number of hydrogen-bond acceptors (Lipinski definition) is 5. The molecule has 0 spiro atoms. The van der Waals surface area contributed by atoms with Crippen molar-refractivity contribution < 1.29 is 14.9 Å². The number of benzene rings is 1. The Morgan fingerprint density at radius 2 is 1.91 bits per heavy atom. The fraction of sp³-hybridized carbons (Fsp3) is 0.529. The summed E-state index contributed by atoms with van der Waals surface area (Å²) in [5.74, 6) is 0. The number of nitrogens with zero attached hydrogens (tertiary/aromatic N) is 1. The number of halogens is 1. The predicted molar refractivity (Wildman–Crippen MR) is 96.7 cm³/mol. The van der Waals surface area contributed by atoms with Gasteiger partial charge in [-0.15, -0.1) is 23.7 Å². The first-order valence-electron chi connectivity index (χ1n) is 7.85. The summed E-state index contributed by atoms with van der Waals surface area (Å²) in [7, 11) is 0. The summed E-state index contributed by atoms with van der Waals surface area (Å²) in [6, 6.07) is 8.75. The van der Waals surface area contributed by atoms with Gasteiger partial charge in [0.2, 0.25) is 0 Å². The van der Waals surface area contributed by atoms with Gasteiger partial charge in [0, 0.05) is 30.9 Å². The van der Waals surface area contributed by atoms with Crippen LogP contribution in [0.4, 0.5) is 0 Å². The lowest BCUT2D eigenvalue weighted by atomic mass is 10.1. The maximum absolute atomic E-state index is 9.47. The number of hydrogen-bond donors (Lipinski definition) is 2. The highest BCUT2D eigenvalue weighted by atomic mass is 35.5. The third kappa shape index (κ3) is 5.14. The molecular weight excluding hydrogens is 334 g/mol. The van der Waals surface area contributed by atoms with Crippen LogP contribution in [0, 0.1) is 0 Å². The van der Waals surface area contributed by atoms with Crippen LogP contribution >= 0.6 is 23.7 Å². The van der Waals surface area contributed by atoms with Crippen LogP contribution in [0.15, 0.2) is 29.6 Å². The minimum absolute atomic E-state index is 0. The zero-order chi connectivity index (χ0) is 15.4. The van der Waals surface area contributed by atoms with Crippen LogP contribution in [0.25, 0.3) is 10.1 Å². The van der Waals surface area contributed by atoms with Gasteiger partial charge in [0.15, 0.2) is 0 Å². The lowest BCUT2D eigenvalue weighted by Gasteiger charge is -2.14. The van der Waals surface area contributed by atoms with E-state index in [-0.39, 0.29) is 12.4 Å². The second-order valence-corrected chi connectivity index (χ2v) is 6.85. The third-order valence-electron chi connectivity index (χ3n) is 4.15. The number of rotatable bonds is 7. The molecule has 3 rings (SSSR count). The van der Waals surface area contributed by atoms with Crippen LogP contribution < -0.4 is 0 Å². The molecule has 1 aromatic heterocycles. The molecule has 0 radical (unpaired) electrons. The topological polar surface area (TPSA) is 52.9 Å². The Bertz CT molecular complexity index is 596. The fourth-order valence-corrected chi connectivity index (χ4v) is 3.65. The molecule has 0 bridgehead atoms. The second-order valence-electron chi connectivity index (χ2n) is 5.90. The third-order valence-corrected chi connectivity index (χ3v) is 5.05. The molecule has 4 nitrogen and oxygen atoms in total. The van der Waals surface area contributed by atoms with E-state index in [1.807, 2.05) is 0 Å². The number of β-amino-alcohol motifs (C(OH)–C–C–N with tert-alkyl or cyclic N) is 2. The van der Waals surface area contributed by atoms with Gasteiger partial charge in [-0.1, -0.05) is 12.1 Å². The Hall–Kier alpha value is -0.690. The minimum atomic E-state index is -0.590. The highest BCUT2D eigenvalue weighted by molar-refractivity contribution is 7.17. The van der Waals surface area contributed by atoms with E-state index in [0.717, 1.165) is 32.6 Å². The van der Waals surface area contributed by atoms with Crippen LogP contribution in [-0.4, -0.2) is 60.2 Å². The lowest BCUT2D eigenvalue weighted by Crippen LogP contribution is -2.24. The fourth-order valence-electron chi connectivity index (χ4n) is 2.88. The monoisotopic (exact) mass is 357 g/mol. The summed E-state index contributed by atoms with van der Waals surface area (Å²) in [5, 5.41) is 22.4. The van der Waals surface area contributed by atoms with Crippen LogP contribution in [-0.2, 0) is 11.2 Å².